The Bertz CT molecular complexity index is 935. The highest BCUT2D eigenvalue weighted by molar-refractivity contribution is 6.04. The lowest BCUT2D eigenvalue weighted by Crippen LogP contribution is -2.47. The highest BCUT2D eigenvalue weighted by Crippen LogP contribution is 2.17. The van der Waals surface area contributed by atoms with Gasteiger partial charge in [0.1, 0.15) is 5.82 Å². The molecule has 1 fully saturated rings. The van der Waals surface area contributed by atoms with Gasteiger partial charge in [-0.15, -0.1) is 0 Å². The van der Waals surface area contributed by atoms with Crippen molar-refractivity contribution < 1.29 is 4.79 Å². The molecule has 7 nitrogen and oxygen atoms in total. The smallest absolute Gasteiger partial charge is 0.255 e. The van der Waals surface area contributed by atoms with Crippen LogP contribution in [0.25, 0.3) is 0 Å². The molecular formula is C22H24N6O. The summed E-state index contributed by atoms with van der Waals surface area (Å²) in [5, 5.41) is 2.86. The molecule has 0 bridgehead atoms. The summed E-state index contributed by atoms with van der Waals surface area (Å²) in [4.78, 5) is 30.1. The molecule has 4 rings (SSSR count). The van der Waals surface area contributed by atoms with Gasteiger partial charge in [-0.25, -0.2) is 15.0 Å². The van der Waals surface area contributed by atoms with E-state index in [1.165, 1.54) is 5.56 Å². The number of nitrogens with zero attached hydrogens (tertiary/aromatic N) is 5. The van der Waals surface area contributed by atoms with Crippen LogP contribution in [-0.4, -0.2) is 47.0 Å². The van der Waals surface area contributed by atoms with E-state index in [1.54, 1.807) is 12.4 Å². The van der Waals surface area contributed by atoms with Gasteiger partial charge >= 0.3 is 0 Å². The monoisotopic (exact) mass is 388 g/mol. The minimum absolute atomic E-state index is 0.159. The lowest BCUT2D eigenvalue weighted by molar-refractivity contribution is 0.102. The van der Waals surface area contributed by atoms with Crippen LogP contribution in [0, 0.1) is 0 Å². The van der Waals surface area contributed by atoms with Crippen LogP contribution in [-0.2, 0) is 6.42 Å². The molecule has 3 heterocycles. The molecule has 1 aliphatic rings. The summed E-state index contributed by atoms with van der Waals surface area (Å²) in [5.74, 6) is 1.52. The third-order valence-corrected chi connectivity index (χ3v) is 5.06. The molecule has 148 valence electrons. The zero-order valence-electron chi connectivity index (χ0n) is 16.5. The van der Waals surface area contributed by atoms with Crippen molar-refractivity contribution in [3.8, 4) is 0 Å². The fourth-order valence-electron chi connectivity index (χ4n) is 3.32. The zero-order chi connectivity index (χ0) is 20.1. The molecule has 29 heavy (non-hydrogen) atoms. The maximum atomic E-state index is 12.4. The van der Waals surface area contributed by atoms with E-state index in [9.17, 15) is 4.79 Å². The van der Waals surface area contributed by atoms with Crippen LogP contribution in [0.5, 0.6) is 0 Å². The molecule has 1 aliphatic heterocycles. The SMILES string of the molecule is CCc1ccc(C(=O)Nc2cnc(N3CCN(c4ccccn4)CC3)nc2)cc1. The Balaban J connectivity index is 1.34. The Hall–Kier alpha value is -3.48. The molecule has 1 aromatic carbocycles. The fraction of sp³-hybridized carbons (Fsp3) is 0.273. The van der Waals surface area contributed by atoms with E-state index in [0.717, 1.165) is 38.4 Å². The number of piperazine rings is 1. The van der Waals surface area contributed by atoms with Gasteiger partial charge in [-0.2, -0.15) is 0 Å². The summed E-state index contributed by atoms with van der Waals surface area (Å²) in [6, 6.07) is 13.6. The normalized spacial score (nSPS) is 14.0. The van der Waals surface area contributed by atoms with Crippen molar-refractivity contribution >= 4 is 23.4 Å². The molecular weight excluding hydrogens is 364 g/mol. The van der Waals surface area contributed by atoms with Crippen molar-refractivity contribution in [3.05, 3.63) is 72.2 Å². The summed E-state index contributed by atoms with van der Waals surface area (Å²) >= 11 is 0. The van der Waals surface area contributed by atoms with Crippen molar-refractivity contribution in [1.82, 2.24) is 15.0 Å². The van der Waals surface area contributed by atoms with Crippen molar-refractivity contribution in [1.29, 1.82) is 0 Å². The summed E-state index contributed by atoms with van der Waals surface area (Å²) in [6.07, 6.45) is 6.08. The largest absolute Gasteiger partial charge is 0.353 e. The van der Waals surface area contributed by atoms with Crippen LogP contribution < -0.4 is 15.1 Å². The predicted molar refractivity (Wildman–Crippen MR) is 114 cm³/mol. The standard InChI is InChI=1S/C22H24N6O/c1-2-17-6-8-18(9-7-17)21(29)26-19-15-24-22(25-16-19)28-13-11-27(12-14-28)20-5-3-4-10-23-20/h3-10,15-16H,2,11-14H2,1H3,(H,26,29). The molecule has 1 saturated heterocycles. The lowest BCUT2D eigenvalue weighted by Gasteiger charge is -2.35. The van der Waals surface area contributed by atoms with Crippen LogP contribution in [0.15, 0.2) is 61.1 Å². The van der Waals surface area contributed by atoms with E-state index in [2.05, 4.69) is 37.0 Å². The number of pyridine rings is 1. The number of anilines is 3. The second-order valence-electron chi connectivity index (χ2n) is 6.94. The van der Waals surface area contributed by atoms with Crippen LogP contribution in [0.2, 0.25) is 0 Å². The summed E-state index contributed by atoms with van der Waals surface area (Å²) < 4.78 is 0. The fourth-order valence-corrected chi connectivity index (χ4v) is 3.32. The Morgan fingerprint density at radius 1 is 0.931 bits per heavy atom. The lowest BCUT2D eigenvalue weighted by atomic mass is 10.1. The van der Waals surface area contributed by atoms with Gasteiger partial charge in [-0.1, -0.05) is 25.1 Å². The summed E-state index contributed by atoms with van der Waals surface area (Å²) in [5.41, 5.74) is 2.42. The quantitative estimate of drug-likeness (QED) is 0.724. The molecule has 3 aromatic rings. The number of nitrogens with one attached hydrogen (secondary N) is 1. The predicted octanol–water partition coefficient (Wildman–Crippen LogP) is 3.01. The Kier molecular flexibility index (Phi) is 5.65. The topological polar surface area (TPSA) is 74.2 Å². The first-order valence-electron chi connectivity index (χ1n) is 9.86. The Labute approximate surface area is 170 Å². The summed E-state index contributed by atoms with van der Waals surface area (Å²) in [6.45, 7) is 5.48. The second kappa shape index (κ2) is 8.68. The van der Waals surface area contributed by atoms with E-state index < -0.39 is 0 Å². The average molecular weight is 388 g/mol. The van der Waals surface area contributed by atoms with E-state index >= 15 is 0 Å². The summed E-state index contributed by atoms with van der Waals surface area (Å²) in [7, 11) is 0. The number of amides is 1. The van der Waals surface area contributed by atoms with Crippen molar-refractivity contribution in [3.63, 3.8) is 0 Å². The van der Waals surface area contributed by atoms with Gasteiger partial charge in [0.15, 0.2) is 0 Å². The number of hydrogen-bond acceptors (Lipinski definition) is 6. The van der Waals surface area contributed by atoms with Gasteiger partial charge in [-0.3, -0.25) is 4.79 Å². The zero-order valence-corrected chi connectivity index (χ0v) is 16.5. The molecule has 0 spiro atoms. The van der Waals surface area contributed by atoms with Gasteiger partial charge in [0, 0.05) is 37.9 Å². The molecule has 0 unspecified atom stereocenters. The van der Waals surface area contributed by atoms with E-state index in [1.807, 2.05) is 48.7 Å². The first kappa shape index (κ1) is 18.9. The number of hydrogen-bond donors (Lipinski definition) is 1. The molecule has 0 saturated carbocycles. The molecule has 0 radical (unpaired) electrons. The van der Waals surface area contributed by atoms with Crippen LogP contribution >= 0.6 is 0 Å². The van der Waals surface area contributed by atoms with Gasteiger partial charge in [0.2, 0.25) is 5.95 Å². The van der Waals surface area contributed by atoms with Gasteiger partial charge in [0.25, 0.3) is 5.91 Å². The minimum atomic E-state index is -0.159. The number of aryl methyl sites for hydroxylation is 1. The molecule has 0 atom stereocenters. The first-order valence-corrected chi connectivity index (χ1v) is 9.86. The van der Waals surface area contributed by atoms with E-state index in [-0.39, 0.29) is 5.91 Å². The van der Waals surface area contributed by atoms with Crippen LogP contribution in [0.4, 0.5) is 17.5 Å². The van der Waals surface area contributed by atoms with Crippen LogP contribution in [0.1, 0.15) is 22.8 Å². The molecule has 0 aliphatic carbocycles. The Morgan fingerprint density at radius 2 is 1.62 bits per heavy atom. The maximum Gasteiger partial charge on any atom is 0.255 e. The van der Waals surface area contributed by atoms with E-state index in [0.29, 0.717) is 17.2 Å². The Morgan fingerprint density at radius 3 is 2.24 bits per heavy atom. The number of carbonyl (C=O) groups is 1. The number of aromatic nitrogens is 3. The van der Waals surface area contributed by atoms with Gasteiger partial charge in [0.05, 0.1) is 18.1 Å². The number of carbonyl (C=O) groups excluding carboxylic acids is 1. The minimum Gasteiger partial charge on any atom is -0.353 e. The number of benzene rings is 1. The number of rotatable bonds is 5. The third kappa shape index (κ3) is 4.51. The highest BCUT2D eigenvalue weighted by Gasteiger charge is 2.19. The molecule has 7 heteroatoms. The van der Waals surface area contributed by atoms with Crippen molar-refractivity contribution in [2.45, 2.75) is 13.3 Å². The van der Waals surface area contributed by atoms with Crippen LogP contribution in [0.3, 0.4) is 0 Å². The van der Waals surface area contributed by atoms with Crippen molar-refractivity contribution in [2.24, 2.45) is 0 Å². The molecule has 2 aromatic heterocycles. The van der Waals surface area contributed by atoms with Gasteiger partial charge in [-0.05, 0) is 36.2 Å². The van der Waals surface area contributed by atoms with E-state index in [4.69, 9.17) is 0 Å². The maximum absolute atomic E-state index is 12.4. The molecule has 1 amide bonds. The van der Waals surface area contributed by atoms with Gasteiger partial charge < -0.3 is 15.1 Å². The first-order chi connectivity index (χ1) is 14.2. The third-order valence-electron chi connectivity index (χ3n) is 5.06. The second-order valence-corrected chi connectivity index (χ2v) is 6.94. The van der Waals surface area contributed by atoms with Crippen molar-refractivity contribution in [2.75, 3.05) is 41.3 Å². The average Bonchev–Trinajstić information content (AvgIpc) is 2.80. The molecule has 1 N–H and O–H groups in total. The highest BCUT2D eigenvalue weighted by atomic mass is 16.1.